The highest BCUT2D eigenvalue weighted by molar-refractivity contribution is 5.77. The van der Waals surface area contributed by atoms with E-state index < -0.39 is 0 Å². The summed E-state index contributed by atoms with van der Waals surface area (Å²) < 4.78 is 18.7. The standard InChI is InChI=1S/C15H23FN2O2/c1-10(2)8-18-15(19)9-20-14-5-4-13(16)7-12(14)6-11(3)17/h4-5,7,10-11H,6,8-9,17H2,1-3H3,(H,18,19). The number of benzene rings is 1. The van der Waals surface area contributed by atoms with Crippen LogP contribution in [0.3, 0.4) is 0 Å². The predicted octanol–water partition coefficient (Wildman–Crippen LogP) is 1.87. The Morgan fingerprint density at radius 3 is 2.70 bits per heavy atom. The van der Waals surface area contributed by atoms with Gasteiger partial charge in [-0.25, -0.2) is 4.39 Å². The molecule has 1 aromatic rings. The highest BCUT2D eigenvalue weighted by atomic mass is 19.1. The molecule has 112 valence electrons. The summed E-state index contributed by atoms with van der Waals surface area (Å²) in [6, 6.07) is 4.13. The van der Waals surface area contributed by atoms with E-state index in [1.807, 2.05) is 20.8 Å². The van der Waals surface area contributed by atoms with Crippen LogP contribution in [0.1, 0.15) is 26.3 Å². The van der Waals surface area contributed by atoms with E-state index in [0.717, 1.165) is 0 Å². The minimum absolute atomic E-state index is 0.0791. The molecule has 1 aromatic carbocycles. The molecule has 3 N–H and O–H groups in total. The summed E-state index contributed by atoms with van der Waals surface area (Å²) in [5.41, 5.74) is 6.40. The van der Waals surface area contributed by atoms with Crippen LogP contribution in [0, 0.1) is 11.7 Å². The number of ether oxygens (including phenoxy) is 1. The second-order valence-electron chi connectivity index (χ2n) is 5.42. The molecule has 1 rings (SSSR count). The molecule has 0 saturated carbocycles. The van der Waals surface area contributed by atoms with Crippen molar-refractivity contribution in [1.29, 1.82) is 0 Å². The second-order valence-corrected chi connectivity index (χ2v) is 5.42. The normalized spacial score (nSPS) is 12.3. The maximum absolute atomic E-state index is 13.2. The van der Waals surface area contributed by atoms with Gasteiger partial charge in [-0.3, -0.25) is 4.79 Å². The highest BCUT2D eigenvalue weighted by Crippen LogP contribution is 2.21. The van der Waals surface area contributed by atoms with Gasteiger partial charge in [-0.2, -0.15) is 0 Å². The number of carbonyl (C=O) groups is 1. The van der Waals surface area contributed by atoms with Crippen LogP contribution in [0.5, 0.6) is 5.75 Å². The van der Waals surface area contributed by atoms with Crippen molar-refractivity contribution in [3.05, 3.63) is 29.6 Å². The van der Waals surface area contributed by atoms with Crippen LogP contribution in [0.2, 0.25) is 0 Å². The van der Waals surface area contributed by atoms with Crippen molar-refractivity contribution >= 4 is 5.91 Å². The molecule has 20 heavy (non-hydrogen) atoms. The maximum atomic E-state index is 13.2. The van der Waals surface area contributed by atoms with Crippen LogP contribution < -0.4 is 15.8 Å². The Morgan fingerprint density at radius 1 is 1.40 bits per heavy atom. The summed E-state index contributed by atoms with van der Waals surface area (Å²) in [7, 11) is 0. The fourth-order valence-electron chi connectivity index (χ4n) is 1.71. The molecule has 5 heteroatoms. The van der Waals surface area contributed by atoms with E-state index in [0.29, 0.717) is 30.2 Å². The predicted molar refractivity (Wildman–Crippen MR) is 77.1 cm³/mol. The van der Waals surface area contributed by atoms with Gasteiger partial charge in [0.2, 0.25) is 0 Å². The number of amides is 1. The number of carbonyl (C=O) groups excluding carboxylic acids is 1. The lowest BCUT2D eigenvalue weighted by molar-refractivity contribution is -0.123. The Kier molecular flexibility index (Phi) is 6.45. The Morgan fingerprint density at radius 2 is 2.10 bits per heavy atom. The molecular weight excluding hydrogens is 259 g/mol. The van der Waals surface area contributed by atoms with Crippen molar-refractivity contribution in [3.8, 4) is 5.75 Å². The van der Waals surface area contributed by atoms with Crippen molar-refractivity contribution in [1.82, 2.24) is 5.32 Å². The molecule has 1 unspecified atom stereocenters. The van der Waals surface area contributed by atoms with E-state index >= 15 is 0 Å². The van der Waals surface area contributed by atoms with Gasteiger partial charge < -0.3 is 15.8 Å². The van der Waals surface area contributed by atoms with Crippen molar-refractivity contribution in [2.45, 2.75) is 33.2 Å². The van der Waals surface area contributed by atoms with E-state index in [2.05, 4.69) is 5.32 Å². The molecule has 0 aromatic heterocycles. The topological polar surface area (TPSA) is 64.3 Å². The lowest BCUT2D eigenvalue weighted by Crippen LogP contribution is -2.32. The number of rotatable bonds is 7. The monoisotopic (exact) mass is 282 g/mol. The third-order valence-corrected chi connectivity index (χ3v) is 2.63. The minimum atomic E-state index is -0.336. The quantitative estimate of drug-likeness (QED) is 0.802. The van der Waals surface area contributed by atoms with Gasteiger partial charge in [0.15, 0.2) is 6.61 Å². The van der Waals surface area contributed by atoms with Gasteiger partial charge in [-0.05, 0) is 43.0 Å². The molecule has 0 aliphatic carbocycles. The smallest absolute Gasteiger partial charge is 0.257 e. The van der Waals surface area contributed by atoms with Gasteiger partial charge in [0.25, 0.3) is 5.91 Å². The van der Waals surface area contributed by atoms with Gasteiger partial charge in [0.1, 0.15) is 11.6 Å². The Hall–Kier alpha value is -1.62. The Labute approximate surface area is 119 Å². The molecule has 0 saturated heterocycles. The third-order valence-electron chi connectivity index (χ3n) is 2.63. The highest BCUT2D eigenvalue weighted by Gasteiger charge is 2.10. The molecule has 0 bridgehead atoms. The molecule has 0 aliphatic heterocycles. The van der Waals surface area contributed by atoms with Crippen molar-refractivity contribution < 1.29 is 13.9 Å². The van der Waals surface area contributed by atoms with Crippen LogP contribution in [0.4, 0.5) is 4.39 Å². The largest absolute Gasteiger partial charge is 0.483 e. The average molecular weight is 282 g/mol. The number of halogens is 1. The minimum Gasteiger partial charge on any atom is -0.483 e. The summed E-state index contributed by atoms with van der Waals surface area (Å²) in [5.74, 6) is 0.369. The van der Waals surface area contributed by atoms with Crippen molar-refractivity contribution in [2.75, 3.05) is 13.2 Å². The second kappa shape index (κ2) is 7.85. The lowest BCUT2D eigenvalue weighted by atomic mass is 10.1. The van der Waals surface area contributed by atoms with Gasteiger partial charge in [-0.15, -0.1) is 0 Å². The molecule has 0 spiro atoms. The number of nitrogens with one attached hydrogen (secondary N) is 1. The first-order chi connectivity index (χ1) is 9.38. The summed E-state index contributed by atoms with van der Waals surface area (Å²) in [4.78, 5) is 11.6. The molecule has 0 heterocycles. The van der Waals surface area contributed by atoms with Gasteiger partial charge >= 0.3 is 0 Å². The molecule has 0 fully saturated rings. The Balaban J connectivity index is 2.60. The fourth-order valence-corrected chi connectivity index (χ4v) is 1.71. The molecule has 0 aliphatic rings. The summed E-state index contributed by atoms with van der Waals surface area (Å²) >= 11 is 0. The molecular formula is C15H23FN2O2. The first-order valence-corrected chi connectivity index (χ1v) is 6.82. The van der Waals surface area contributed by atoms with Crippen LogP contribution in [-0.4, -0.2) is 25.1 Å². The van der Waals surface area contributed by atoms with Crippen molar-refractivity contribution in [2.24, 2.45) is 11.7 Å². The van der Waals surface area contributed by atoms with E-state index in [1.54, 1.807) is 0 Å². The number of nitrogens with two attached hydrogens (primary N) is 1. The summed E-state index contributed by atoms with van der Waals surface area (Å²) in [6.45, 7) is 6.40. The molecule has 0 radical (unpaired) electrons. The lowest BCUT2D eigenvalue weighted by Gasteiger charge is -2.13. The Bertz CT molecular complexity index is 447. The van der Waals surface area contributed by atoms with Gasteiger partial charge in [-0.1, -0.05) is 13.8 Å². The zero-order chi connectivity index (χ0) is 15.1. The van der Waals surface area contributed by atoms with Gasteiger partial charge in [0.05, 0.1) is 0 Å². The zero-order valence-corrected chi connectivity index (χ0v) is 12.3. The van der Waals surface area contributed by atoms with E-state index in [4.69, 9.17) is 10.5 Å². The SMILES string of the molecule is CC(C)CNC(=O)COc1ccc(F)cc1CC(C)N. The number of hydrogen-bond acceptors (Lipinski definition) is 3. The average Bonchev–Trinajstić information content (AvgIpc) is 2.34. The maximum Gasteiger partial charge on any atom is 0.257 e. The van der Waals surface area contributed by atoms with Crippen LogP contribution in [0.25, 0.3) is 0 Å². The van der Waals surface area contributed by atoms with E-state index in [1.165, 1.54) is 18.2 Å². The van der Waals surface area contributed by atoms with Crippen LogP contribution in [-0.2, 0) is 11.2 Å². The zero-order valence-electron chi connectivity index (χ0n) is 12.3. The van der Waals surface area contributed by atoms with Crippen molar-refractivity contribution in [3.63, 3.8) is 0 Å². The number of hydrogen-bond donors (Lipinski definition) is 2. The van der Waals surface area contributed by atoms with Crippen LogP contribution in [0.15, 0.2) is 18.2 Å². The summed E-state index contributed by atoms with van der Waals surface area (Å²) in [5, 5.41) is 2.76. The summed E-state index contributed by atoms with van der Waals surface area (Å²) in [6.07, 6.45) is 0.501. The fraction of sp³-hybridized carbons (Fsp3) is 0.533. The molecule has 1 amide bonds. The van der Waals surface area contributed by atoms with E-state index in [-0.39, 0.29) is 24.4 Å². The third kappa shape index (κ3) is 6.02. The van der Waals surface area contributed by atoms with E-state index in [9.17, 15) is 9.18 Å². The molecule has 4 nitrogen and oxygen atoms in total. The van der Waals surface area contributed by atoms with Crippen LogP contribution >= 0.6 is 0 Å². The molecule has 1 atom stereocenters. The first-order valence-electron chi connectivity index (χ1n) is 6.82. The van der Waals surface area contributed by atoms with Gasteiger partial charge in [0, 0.05) is 12.6 Å². The first kappa shape index (κ1) is 16.4.